The van der Waals surface area contributed by atoms with Gasteiger partial charge in [-0.05, 0) is 47.1 Å². The van der Waals surface area contributed by atoms with Crippen molar-refractivity contribution < 1.29 is 4.79 Å². The standard InChI is InChI=1S/C13H13BrN2OS/c1-9-4-3-5-11(15-9)13(17)16(2)8-10-6-7-12(14)18-10/h3-7H,8H2,1-2H3. The van der Waals surface area contributed by atoms with Crippen molar-refractivity contribution in [2.24, 2.45) is 0 Å². The molecule has 5 heteroatoms. The zero-order valence-electron chi connectivity index (χ0n) is 10.2. The maximum Gasteiger partial charge on any atom is 0.272 e. The van der Waals surface area contributed by atoms with E-state index in [9.17, 15) is 4.79 Å². The summed E-state index contributed by atoms with van der Waals surface area (Å²) in [6.07, 6.45) is 0. The summed E-state index contributed by atoms with van der Waals surface area (Å²) in [5.74, 6) is -0.0526. The number of hydrogen-bond acceptors (Lipinski definition) is 3. The highest BCUT2D eigenvalue weighted by atomic mass is 79.9. The molecule has 2 heterocycles. The van der Waals surface area contributed by atoms with E-state index in [1.54, 1.807) is 29.4 Å². The molecule has 0 saturated carbocycles. The van der Waals surface area contributed by atoms with Crippen LogP contribution in [0.1, 0.15) is 21.1 Å². The summed E-state index contributed by atoms with van der Waals surface area (Å²) in [7, 11) is 1.79. The second kappa shape index (κ2) is 5.63. The normalized spacial score (nSPS) is 10.4. The number of rotatable bonds is 3. The zero-order chi connectivity index (χ0) is 13.1. The summed E-state index contributed by atoms with van der Waals surface area (Å²) in [4.78, 5) is 19.2. The number of aryl methyl sites for hydroxylation is 1. The molecule has 0 unspecified atom stereocenters. The molecule has 0 atom stereocenters. The molecule has 0 N–H and O–H groups in total. The van der Waals surface area contributed by atoms with Crippen molar-refractivity contribution in [2.45, 2.75) is 13.5 Å². The van der Waals surface area contributed by atoms with Gasteiger partial charge in [-0.15, -0.1) is 11.3 Å². The first-order valence-corrected chi connectivity index (χ1v) is 7.10. The Morgan fingerprint density at radius 1 is 1.39 bits per heavy atom. The van der Waals surface area contributed by atoms with Gasteiger partial charge in [0, 0.05) is 17.6 Å². The van der Waals surface area contributed by atoms with Gasteiger partial charge in [-0.2, -0.15) is 0 Å². The number of amides is 1. The average Bonchev–Trinajstić information content (AvgIpc) is 2.73. The molecule has 94 valence electrons. The number of hydrogen-bond donors (Lipinski definition) is 0. The number of thiophene rings is 1. The first kappa shape index (κ1) is 13.2. The maximum absolute atomic E-state index is 12.2. The Hall–Kier alpha value is -1.20. The molecule has 0 aromatic carbocycles. The molecule has 0 bridgehead atoms. The number of aromatic nitrogens is 1. The number of nitrogens with zero attached hydrogens (tertiary/aromatic N) is 2. The highest BCUT2D eigenvalue weighted by Gasteiger charge is 2.14. The van der Waals surface area contributed by atoms with Gasteiger partial charge in [-0.3, -0.25) is 4.79 Å². The van der Waals surface area contributed by atoms with Crippen LogP contribution in [0.2, 0.25) is 0 Å². The molecule has 2 rings (SSSR count). The maximum atomic E-state index is 12.2. The van der Waals surface area contributed by atoms with Gasteiger partial charge in [0.1, 0.15) is 5.69 Å². The van der Waals surface area contributed by atoms with E-state index in [4.69, 9.17) is 0 Å². The van der Waals surface area contributed by atoms with Crippen molar-refractivity contribution in [1.29, 1.82) is 0 Å². The zero-order valence-corrected chi connectivity index (χ0v) is 12.6. The van der Waals surface area contributed by atoms with Gasteiger partial charge in [-0.1, -0.05) is 6.07 Å². The van der Waals surface area contributed by atoms with Crippen LogP contribution in [0.25, 0.3) is 0 Å². The SMILES string of the molecule is Cc1cccc(C(=O)N(C)Cc2ccc(Br)s2)n1. The van der Waals surface area contributed by atoms with Crippen LogP contribution in [0.15, 0.2) is 34.1 Å². The third kappa shape index (κ3) is 3.17. The Morgan fingerprint density at radius 3 is 2.78 bits per heavy atom. The van der Waals surface area contributed by atoms with Crippen molar-refractivity contribution in [2.75, 3.05) is 7.05 Å². The lowest BCUT2D eigenvalue weighted by Crippen LogP contribution is -2.26. The summed E-state index contributed by atoms with van der Waals surface area (Å²) in [5, 5.41) is 0. The van der Waals surface area contributed by atoms with Gasteiger partial charge in [0.15, 0.2) is 0 Å². The van der Waals surface area contributed by atoms with Gasteiger partial charge in [-0.25, -0.2) is 4.98 Å². The van der Waals surface area contributed by atoms with Crippen LogP contribution in [0.3, 0.4) is 0 Å². The van der Waals surface area contributed by atoms with Crippen LogP contribution in [0, 0.1) is 6.92 Å². The molecular formula is C13H13BrN2OS. The van der Waals surface area contributed by atoms with Crippen LogP contribution in [-0.4, -0.2) is 22.8 Å². The number of pyridine rings is 1. The van der Waals surface area contributed by atoms with E-state index >= 15 is 0 Å². The molecule has 18 heavy (non-hydrogen) atoms. The molecule has 2 aromatic heterocycles. The summed E-state index contributed by atoms with van der Waals surface area (Å²) in [6, 6.07) is 9.49. The fourth-order valence-electron chi connectivity index (χ4n) is 1.60. The molecule has 0 aliphatic rings. The monoisotopic (exact) mass is 324 g/mol. The van der Waals surface area contributed by atoms with Gasteiger partial charge in [0.25, 0.3) is 5.91 Å². The van der Waals surface area contributed by atoms with E-state index in [0.29, 0.717) is 12.2 Å². The van der Waals surface area contributed by atoms with Crippen LogP contribution in [0.5, 0.6) is 0 Å². The number of carbonyl (C=O) groups excluding carboxylic acids is 1. The van der Waals surface area contributed by atoms with Gasteiger partial charge < -0.3 is 4.90 Å². The van der Waals surface area contributed by atoms with Crippen LogP contribution in [-0.2, 0) is 6.54 Å². The van der Waals surface area contributed by atoms with Crippen LogP contribution in [0.4, 0.5) is 0 Å². The first-order valence-electron chi connectivity index (χ1n) is 5.49. The third-order valence-electron chi connectivity index (χ3n) is 2.48. The highest BCUT2D eigenvalue weighted by molar-refractivity contribution is 9.11. The Labute approximate surface area is 119 Å². The van der Waals surface area contributed by atoms with Gasteiger partial charge >= 0.3 is 0 Å². The fourth-order valence-corrected chi connectivity index (χ4v) is 3.14. The van der Waals surface area contributed by atoms with E-state index in [1.807, 2.05) is 31.2 Å². The van der Waals surface area contributed by atoms with Crippen molar-refractivity contribution >= 4 is 33.2 Å². The van der Waals surface area contributed by atoms with E-state index < -0.39 is 0 Å². The van der Waals surface area contributed by atoms with Gasteiger partial charge in [0.05, 0.1) is 10.3 Å². The van der Waals surface area contributed by atoms with E-state index in [0.717, 1.165) is 14.4 Å². The van der Waals surface area contributed by atoms with Gasteiger partial charge in [0.2, 0.25) is 0 Å². The molecule has 0 spiro atoms. The molecule has 0 fully saturated rings. The predicted octanol–water partition coefficient (Wildman–Crippen LogP) is 3.49. The first-order chi connectivity index (χ1) is 8.56. The summed E-state index contributed by atoms with van der Waals surface area (Å²) >= 11 is 5.05. The fraction of sp³-hybridized carbons (Fsp3) is 0.231. The minimum atomic E-state index is -0.0526. The molecule has 0 radical (unpaired) electrons. The Morgan fingerprint density at radius 2 is 2.17 bits per heavy atom. The molecule has 3 nitrogen and oxygen atoms in total. The smallest absolute Gasteiger partial charge is 0.272 e. The predicted molar refractivity (Wildman–Crippen MR) is 76.8 cm³/mol. The van der Waals surface area contributed by atoms with E-state index in [-0.39, 0.29) is 5.91 Å². The van der Waals surface area contributed by atoms with E-state index in [2.05, 4.69) is 20.9 Å². The summed E-state index contributed by atoms with van der Waals surface area (Å²) in [5.41, 5.74) is 1.35. The topological polar surface area (TPSA) is 33.2 Å². The minimum absolute atomic E-state index is 0.0526. The lowest BCUT2D eigenvalue weighted by molar-refractivity contribution is 0.0780. The summed E-state index contributed by atoms with van der Waals surface area (Å²) in [6.45, 7) is 2.48. The Kier molecular flexibility index (Phi) is 4.14. The molecule has 0 saturated heterocycles. The number of carbonyl (C=O) groups is 1. The second-order valence-corrected chi connectivity index (χ2v) is 6.58. The molecule has 0 aliphatic heterocycles. The second-order valence-electron chi connectivity index (χ2n) is 4.03. The highest BCUT2D eigenvalue weighted by Crippen LogP contribution is 2.23. The lowest BCUT2D eigenvalue weighted by atomic mass is 10.3. The molecule has 0 aliphatic carbocycles. The van der Waals surface area contributed by atoms with Crippen molar-refractivity contribution in [3.63, 3.8) is 0 Å². The average molecular weight is 325 g/mol. The van der Waals surface area contributed by atoms with Crippen molar-refractivity contribution in [3.8, 4) is 0 Å². The van der Waals surface area contributed by atoms with Crippen molar-refractivity contribution in [1.82, 2.24) is 9.88 Å². The quantitative estimate of drug-likeness (QED) is 0.865. The van der Waals surface area contributed by atoms with Crippen molar-refractivity contribution in [3.05, 3.63) is 50.4 Å². The molecule has 1 amide bonds. The minimum Gasteiger partial charge on any atom is -0.335 e. The molecule has 2 aromatic rings. The summed E-state index contributed by atoms with van der Waals surface area (Å²) < 4.78 is 1.08. The Bertz CT molecular complexity index is 568. The van der Waals surface area contributed by atoms with E-state index in [1.165, 1.54) is 0 Å². The largest absolute Gasteiger partial charge is 0.335 e. The number of halogens is 1. The van der Waals surface area contributed by atoms with Crippen LogP contribution < -0.4 is 0 Å². The Balaban J connectivity index is 2.09. The lowest BCUT2D eigenvalue weighted by Gasteiger charge is -2.15. The molecular weight excluding hydrogens is 312 g/mol. The third-order valence-corrected chi connectivity index (χ3v) is 4.08. The van der Waals surface area contributed by atoms with Crippen LogP contribution >= 0.6 is 27.3 Å².